The van der Waals surface area contributed by atoms with E-state index in [1.165, 1.54) is 16.7 Å². The number of aromatic hydroxyl groups is 1. The van der Waals surface area contributed by atoms with Crippen molar-refractivity contribution >= 4 is 30.2 Å². The van der Waals surface area contributed by atoms with Crippen LogP contribution in [-0.4, -0.2) is 5.11 Å². The van der Waals surface area contributed by atoms with Crippen molar-refractivity contribution in [3.8, 4) is 22.6 Å². The largest absolute Gasteiger partial charge is 0.507 e. The average Bonchev–Trinajstić information content (AvgIpc) is 3.13. The molecule has 0 saturated carbocycles. The third-order valence-corrected chi connectivity index (χ3v) is 11.7. The lowest BCUT2D eigenvalue weighted by atomic mass is 9.75. The zero-order chi connectivity index (χ0) is 41.6. The topological polar surface area (TPSA) is 55.7 Å². The quantitative estimate of drug-likeness (QED) is 0.199. The van der Waals surface area contributed by atoms with Crippen molar-refractivity contribution in [3.63, 3.8) is 0 Å². The van der Waals surface area contributed by atoms with Gasteiger partial charge in [0.2, 0.25) is 0 Å². The average molecular weight is 765 g/mol. The molecule has 0 atom stereocenters. The van der Waals surface area contributed by atoms with Gasteiger partial charge in [-0.2, -0.15) is 0 Å². The monoisotopic (exact) mass is 764 g/mol. The minimum Gasteiger partial charge on any atom is -0.507 e. The van der Waals surface area contributed by atoms with Gasteiger partial charge < -0.3 is 18.0 Å². The Morgan fingerprint density at radius 3 is 1.16 bits per heavy atom. The summed E-state index contributed by atoms with van der Waals surface area (Å²) in [5.41, 5.74) is 10.6. The van der Waals surface area contributed by atoms with E-state index >= 15 is 0 Å². The third-order valence-electron chi connectivity index (χ3n) is 10.7. The minimum absolute atomic E-state index is 0.161. The van der Waals surface area contributed by atoms with Crippen LogP contribution in [0.25, 0.3) is 33.1 Å². The molecule has 4 nitrogen and oxygen atoms in total. The molecule has 0 radical (unpaired) electrons. The summed E-state index contributed by atoms with van der Waals surface area (Å²) in [5.74, 6) is 0.949. The molecular formula is C50H69O4P. The summed E-state index contributed by atoms with van der Waals surface area (Å²) in [5, 5.41) is 14.4. The molecule has 298 valence electrons. The predicted octanol–water partition coefficient (Wildman–Crippen LogP) is 15.9. The fourth-order valence-electron chi connectivity index (χ4n) is 7.30. The van der Waals surface area contributed by atoms with Gasteiger partial charge in [0.05, 0.1) is 0 Å². The minimum atomic E-state index is -2.05. The normalized spacial score (nSPS) is 13.5. The smallest absolute Gasteiger partial charge is 0.453 e. The van der Waals surface area contributed by atoms with Crippen LogP contribution in [-0.2, 0) is 32.5 Å². The zero-order valence-corrected chi connectivity index (χ0v) is 38.6. The highest BCUT2D eigenvalue weighted by Gasteiger charge is 2.33. The molecule has 1 aromatic heterocycles. The second kappa shape index (κ2) is 13.8. The molecule has 0 spiro atoms. The summed E-state index contributed by atoms with van der Waals surface area (Å²) in [4.78, 5) is 0. The van der Waals surface area contributed by atoms with Gasteiger partial charge in [0, 0.05) is 44.2 Å². The standard InChI is InChI=1S/C50H69O4P/c1-29-21-34-35-22-30(2)24-39(49(15,16)17)43(35)53-55(52-42(34)38(23-29)48(12,13)14)54-44-36(26-32(46(6,7)8)28-40(44)50(18,19)20)33-25-31(45(3,4)5)27-37(41(33)51)47(9,10)11/h21-28,51H,1-20H3. The molecule has 0 unspecified atom stereocenters. The van der Waals surface area contributed by atoms with Crippen LogP contribution in [0.1, 0.15) is 169 Å². The van der Waals surface area contributed by atoms with Crippen molar-refractivity contribution in [1.82, 2.24) is 0 Å². The Morgan fingerprint density at radius 1 is 0.436 bits per heavy atom. The van der Waals surface area contributed by atoms with Gasteiger partial charge in [0.1, 0.15) is 22.7 Å². The number of phenolic OH excluding ortho intramolecular Hbond substituents is 1. The van der Waals surface area contributed by atoms with Crippen molar-refractivity contribution in [2.75, 3.05) is 0 Å². The SMILES string of the molecule is Cc1cc(C(C)(C)C)c2op(Oc3c(-c4cc(C(C)(C)C)cc(C(C)(C)C)c4O)cc(C(C)(C)C)cc3C(C)(C)C)oc3c(C(C)(C)C)cc(C)cc3c2c1. The zero-order valence-electron chi connectivity index (χ0n) is 37.7. The molecule has 5 rings (SSSR count). The number of rotatable bonds is 3. The molecule has 1 N–H and O–H groups in total. The van der Waals surface area contributed by atoms with E-state index in [-0.39, 0.29) is 38.2 Å². The molecule has 0 fully saturated rings. The molecular weight excluding hydrogens is 696 g/mol. The highest BCUT2D eigenvalue weighted by Crippen LogP contribution is 2.52. The van der Waals surface area contributed by atoms with Crippen LogP contribution >= 0.6 is 8.24 Å². The maximum Gasteiger partial charge on any atom is 0.453 e. The number of benzene rings is 4. The molecule has 0 saturated heterocycles. The molecule has 55 heavy (non-hydrogen) atoms. The van der Waals surface area contributed by atoms with Gasteiger partial charge >= 0.3 is 8.24 Å². The number of phenols is 1. The third kappa shape index (κ3) is 8.71. The molecule has 4 aromatic carbocycles. The first-order valence-electron chi connectivity index (χ1n) is 20.0. The van der Waals surface area contributed by atoms with Crippen LogP contribution in [0.3, 0.4) is 0 Å². The Morgan fingerprint density at radius 2 is 0.800 bits per heavy atom. The first-order chi connectivity index (χ1) is 24.8. The van der Waals surface area contributed by atoms with Crippen molar-refractivity contribution in [1.29, 1.82) is 0 Å². The van der Waals surface area contributed by atoms with Crippen LogP contribution in [0.2, 0.25) is 0 Å². The fourth-order valence-corrected chi connectivity index (χ4v) is 8.45. The van der Waals surface area contributed by atoms with E-state index in [0.29, 0.717) is 5.75 Å². The van der Waals surface area contributed by atoms with Crippen molar-refractivity contribution in [2.24, 2.45) is 0 Å². The van der Waals surface area contributed by atoms with Gasteiger partial charge in [-0.15, -0.1) is 0 Å². The Bertz CT molecular complexity index is 2230. The van der Waals surface area contributed by atoms with Gasteiger partial charge in [0.25, 0.3) is 0 Å². The molecule has 5 heteroatoms. The van der Waals surface area contributed by atoms with E-state index in [9.17, 15) is 5.11 Å². The molecule has 0 bridgehead atoms. The number of fused-ring (bicyclic) bond motifs is 3. The summed E-state index contributed by atoms with van der Waals surface area (Å²) < 4.78 is 21.7. The summed E-state index contributed by atoms with van der Waals surface area (Å²) in [7, 11) is -2.05. The van der Waals surface area contributed by atoms with E-state index < -0.39 is 8.24 Å². The first-order valence-corrected chi connectivity index (χ1v) is 21.1. The summed E-state index contributed by atoms with van der Waals surface area (Å²) in [6.45, 7) is 44.3. The van der Waals surface area contributed by atoms with Crippen molar-refractivity contribution in [3.05, 3.63) is 93.0 Å². The van der Waals surface area contributed by atoms with Crippen LogP contribution in [0.5, 0.6) is 11.5 Å². The van der Waals surface area contributed by atoms with Crippen molar-refractivity contribution < 1.29 is 18.0 Å². The van der Waals surface area contributed by atoms with Crippen molar-refractivity contribution in [2.45, 2.75) is 171 Å². The van der Waals surface area contributed by atoms with Gasteiger partial charge in [-0.05, 0) is 92.9 Å². The van der Waals surface area contributed by atoms with Gasteiger partial charge in [-0.1, -0.05) is 149 Å². The van der Waals surface area contributed by atoms with E-state index in [1.807, 2.05) is 0 Å². The number of hydrogen-bond donors (Lipinski definition) is 1. The van der Waals surface area contributed by atoms with E-state index in [1.54, 1.807) is 0 Å². The molecule has 0 aliphatic heterocycles. The van der Waals surface area contributed by atoms with E-state index in [0.717, 1.165) is 60.9 Å². The molecule has 0 aliphatic rings. The Kier molecular flexibility index (Phi) is 10.7. The predicted molar refractivity (Wildman–Crippen MR) is 238 cm³/mol. The summed E-state index contributed by atoms with van der Waals surface area (Å²) in [6, 6.07) is 17.8. The van der Waals surface area contributed by atoms with Crippen LogP contribution in [0, 0.1) is 13.8 Å². The summed E-state index contributed by atoms with van der Waals surface area (Å²) in [6.07, 6.45) is 0. The van der Waals surface area contributed by atoms with E-state index in [4.69, 9.17) is 12.9 Å². The second-order valence-electron chi connectivity index (χ2n) is 22.2. The van der Waals surface area contributed by atoms with Crippen LogP contribution in [0.15, 0.2) is 56.9 Å². The Labute approximate surface area is 333 Å². The van der Waals surface area contributed by atoms with Gasteiger partial charge in [0.15, 0.2) is 0 Å². The van der Waals surface area contributed by atoms with Gasteiger partial charge in [-0.3, -0.25) is 0 Å². The number of hydrogen-bond acceptors (Lipinski definition) is 4. The second-order valence-corrected chi connectivity index (χ2v) is 23.2. The maximum atomic E-state index is 12.4. The highest BCUT2D eigenvalue weighted by molar-refractivity contribution is 7.32. The lowest BCUT2D eigenvalue weighted by Crippen LogP contribution is -2.19. The molecule has 1 heterocycles. The van der Waals surface area contributed by atoms with Crippen LogP contribution < -0.4 is 4.52 Å². The number of aryl methyl sites for hydroxylation is 2. The van der Waals surface area contributed by atoms with Crippen LogP contribution in [0.4, 0.5) is 0 Å². The Balaban J connectivity index is 2.05. The van der Waals surface area contributed by atoms with E-state index in [2.05, 4.69) is 187 Å². The maximum absolute atomic E-state index is 12.4. The fraction of sp³-hybridized carbons (Fsp3) is 0.520. The molecule has 0 amide bonds. The summed E-state index contributed by atoms with van der Waals surface area (Å²) >= 11 is 0. The molecule has 0 aliphatic carbocycles. The molecule has 5 aromatic rings. The lowest BCUT2D eigenvalue weighted by Gasteiger charge is -2.31. The Hall–Kier alpha value is -3.62. The van der Waals surface area contributed by atoms with Gasteiger partial charge in [-0.25, -0.2) is 0 Å². The first kappa shape index (κ1) is 42.5. The lowest BCUT2D eigenvalue weighted by molar-refractivity contribution is 0.445. The highest BCUT2D eigenvalue weighted by atomic mass is 31.1.